The fourth-order valence-electron chi connectivity index (χ4n) is 2.36. The van der Waals surface area contributed by atoms with Gasteiger partial charge in [-0.05, 0) is 29.8 Å². The molecule has 6 N–H and O–H groups in total. The van der Waals surface area contributed by atoms with E-state index in [4.69, 9.17) is 16.2 Å². The van der Waals surface area contributed by atoms with Gasteiger partial charge in [0.05, 0.1) is 6.54 Å². The Labute approximate surface area is 185 Å². The van der Waals surface area contributed by atoms with Gasteiger partial charge in [0.1, 0.15) is 0 Å². The lowest BCUT2D eigenvalue weighted by Crippen LogP contribution is -2.38. The van der Waals surface area contributed by atoms with Crippen LogP contribution in [0.2, 0.25) is 0 Å². The molecule has 3 aromatic rings. The van der Waals surface area contributed by atoms with Crippen molar-refractivity contribution in [3.05, 3.63) is 84.9 Å². The number of primary amides is 1. The molecule has 1 unspecified atom stereocenters. The van der Waals surface area contributed by atoms with E-state index in [9.17, 15) is 14.4 Å². The van der Waals surface area contributed by atoms with Gasteiger partial charge in [-0.3, -0.25) is 29.8 Å². The van der Waals surface area contributed by atoms with E-state index < -0.39 is 18.1 Å². The smallest absolute Gasteiger partial charge is 0.405 e. The molecule has 3 rings (SSSR count). The number of benzene rings is 1. The second-order valence-corrected chi connectivity index (χ2v) is 6.01. The maximum atomic E-state index is 12.1. The largest absolute Gasteiger partial charge is 0.436 e. The molecule has 0 saturated carbocycles. The molecule has 2 heterocycles. The van der Waals surface area contributed by atoms with Gasteiger partial charge >= 0.3 is 6.09 Å². The Morgan fingerprint density at radius 2 is 1.39 bits per heavy atom. The van der Waals surface area contributed by atoms with E-state index in [2.05, 4.69) is 10.9 Å². The summed E-state index contributed by atoms with van der Waals surface area (Å²) in [5.41, 5.74) is 16.1. The molecular weight excluding hydrogens is 424 g/mol. The standard InChI is InChI=1S/C14H15N3O3.C6H9N3O.ClH/c15-14(19)20-12(10-11-6-2-1-3-7-11)13(18)16-17-8-4-5-9-17;7-5-6(10)8-9-3-1-2-4-9;/h1-9,12H,10H2,(H2,15,19)(H,16,18);1-4H,5,7H2,(H,8,10);1H. The molecule has 0 spiro atoms. The van der Waals surface area contributed by atoms with Gasteiger partial charge < -0.3 is 16.2 Å². The lowest BCUT2D eigenvalue weighted by Gasteiger charge is -2.16. The van der Waals surface area contributed by atoms with Crippen LogP contribution in [0.3, 0.4) is 0 Å². The second-order valence-electron chi connectivity index (χ2n) is 6.01. The van der Waals surface area contributed by atoms with Gasteiger partial charge in [0.15, 0.2) is 6.10 Å². The van der Waals surface area contributed by atoms with Crippen LogP contribution in [0.4, 0.5) is 4.79 Å². The Kier molecular flexibility index (Phi) is 11.0. The van der Waals surface area contributed by atoms with Gasteiger partial charge in [0.2, 0.25) is 0 Å². The zero-order chi connectivity index (χ0) is 21.8. The lowest BCUT2D eigenvalue weighted by molar-refractivity contribution is -0.125. The molecule has 2 aromatic heterocycles. The Bertz CT molecular complexity index is 917. The van der Waals surface area contributed by atoms with Crippen molar-refractivity contribution in [1.82, 2.24) is 9.35 Å². The zero-order valence-corrected chi connectivity index (χ0v) is 17.4. The van der Waals surface area contributed by atoms with Crippen LogP contribution < -0.4 is 22.3 Å². The van der Waals surface area contributed by atoms with Gasteiger partial charge in [-0.25, -0.2) is 4.79 Å². The monoisotopic (exact) mass is 448 g/mol. The van der Waals surface area contributed by atoms with E-state index in [1.54, 1.807) is 41.6 Å². The zero-order valence-electron chi connectivity index (χ0n) is 16.6. The Morgan fingerprint density at radius 1 is 0.871 bits per heavy atom. The predicted molar refractivity (Wildman–Crippen MR) is 119 cm³/mol. The van der Waals surface area contributed by atoms with E-state index in [0.29, 0.717) is 0 Å². The van der Waals surface area contributed by atoms with Crippen molar-refractivity contribution in [3.8, 4) is 0 Å². The summed E-state index contributed by atoms with van der Waals surface area (Å²) in [5.74, 6) is -0.639. The number of carbonyl (C=O) groups is 3. The number of nitrogens with one attached hydrogen (secondary N) is 2. The normalized spacial score (nSPS) is 10.5. The highest BCUT2D eigenvalue weighted by molar-refractivity contribution is 5.89. The van der Waals surface area contributed by atoms with E-state index >= 15 is 0 Å². The Morgan fingerprint density at radius 3 is 1.87 bits per heavy atom. The molecular formula is C20H25ClN6O4. The number of carbonyl (C=O) groups excluding carboxylic acids is 3. The molecule has 0 bridgehead atoms. The van der Waals surface area contributed by atoms with Crippen molar-refractivity contribution in [2.24, 2.45) is 11.5 Å². The molecule has 0 fully saturated rings. The van der Waals surface area contributed by atoms with Crippen molar-refractivity contribution in [2.75, 3.05) is 17.4 Å². The molecule has 0 saturated heterocycles. The summed E-state index contributed by atoms with van der Waals surface area (Å²) >= 11 is 0. The topological polar surface area (TPSA) is 146 Å². The first-order valence-electron chi connectivity index (χ1n) is 9.04. The fraction of sp³-hybridized carbons (Fsp3) is 0.150. The van der Waals surface area contributed by atoms with Crippen LogP contribution >= 0.6 is 12.4 Å². The summed E-state index contributed by atoms with van der Waals surface area (Å²) in [6, 6.07) is 16.4. The summed E-state index contributed by atoms with van der Waals surface area (Å²) in [7, 11) is 0. The minimum atomic E-state index is -0.978. The van der Waals surface area contributed by atoms with Gasteiger partial charge in [0.25, 0.3) is 11.8 Å². The number of halogens is 1. The number of hydrogen-bond donors (Lipinski definition) is 4. The second kappa shape index (κ2) is 13.5. The number of nitrogens with two attached hydrogens (primary N) is 2. The number of nitrogens with zero attached hydrogens (tertiary/aromatic N) is 2. The van der Waals surface area contributed by atoms with Crippen LogP contribution in [0.25, 0.3) is 0 Å². The van der Waals surface area contributed by atoms with Gasteiger partial charge in [-0.15, -0.1) is 12.4 Å². The van der Waals surface area contributed by atoms with Crippen LogP contribution in [-0.4, -0.2) is 39.9 Å². The number of hydrogen-bond acceptors (Lipinski definition) is 5. The molecule has 11 heteroatoms. The van der Waals surface area contributed by atoms with E-state index in [1.807, 2.05) is 42.5 Å². The first kappa shape index (κ1) is 25.3. The minimum absolute atomic E-state index is 0. The van der Waals surface area contributed by atoms with E-state index in [1.165, 1.54) is 4.68 Å². The third kappa shape index (κ3) is 9.52. The number of rotatable bonds is 7. The molecule has 0 aliphatic heterocycles. The van der Waals surface area contributed by atoms with Crippen LogP contribution in [-0.2, 0) is 20.7 Å². The van der Waals surface area contributed by atoms with Gasteiger partial charge in [0, 0.05) is 31.2 Å². The van der Waals surface area contributed by atoms with E-state index in [-0.39, 0.29) is 31.3 Å². The van der Waals surface area contributed by atoms with Crippen molar-refractivity contribution in [3.63, 3.8) is 0 Å². The Balaban J connectivity index is 0.000000370. The number of ether oxygens (including phenoxy) is 1. The van der Waals surface area contributed by atoms with Crippen molar-refractivity contribution in [1.29, 1.82) is 0 Å². The highest BCUT2D eigenvalue weighted by Crippen LogP contribution is 2.07. The first-order valence-corrected chi connectivity index (χ1v) is 9.04. The van der Waals surface area contributed by atoms with Crippen LogP contribution in [0.1, 0.15) is 5.56 Å². The lowest BCUT2D eigenvalue weighted by atomic mass is 10.1. The highest BCUT2D eigenvalue weighted by atomic mass is 35.5. The predicted octanol–water partition coefficient (Wildman–Crippen LogP) is 1.20. The molecule has 10 nitrogen and oxygen atoms in total. The third-order valence-electron chi connectivity index (χ3n) is 3.70. The summed E-state index contributed by atoms with van der Waals surface area (Å²) in [6.45, 7) is 0.0121. The van der Waals surface area contributed by atoms with Crippen molar-refractivity contribution >= 4 is 30.3 Å². The maximum Gasteiger partial charge on any atom is 0.405 e. The summed E-state index contributed by atoms with van der Waals surface area (Å²) in [5, 5.41) is 0. The summed E-state index contributed by atoms with van der Waals surface area (Å²) in [4.78, 5) is 33.6. The van der Waals surface area contributed by atoms with Crippen LogP contribution in [0.15, 0.2) is 79.4 Å². The molecule has 1 aromatic carbocycles. The quantitative estimate of drug-likeness (QED) is 0.429. The molecule has 0 aliphatic rings. The maximum absolute atomic E-state index is 12.1. The van der Waals surface area contributed by atoms with Crippen molar-refractivity contribution in [2.45, 2.75) is 12.5 Å². The fourth-order valence-corrected chi connectivity index (χ4v) is 2.36. The first-order chi connectivity index (χ1) is 14.5. The van der Waals surface area contributed by atoms with Crippen LogP contribution in [0.5, 0.6) is 0 Å². The minimum Gasteiger partial charge on any atom is -0.436 e. The molecule has 3 amide bonds. The van der Waals surface area contributed by atoms with Crippen LogP contribution in [0, 0.1) is 0 Å². The average Bonchev–Trinajstić information content (AvgIpc) is 3.42. The molecule has 0 radical (unpaired) electrons. The molecule has 166 valence electrons. The van der Waals surface area contributed by atoms with Crippen molar-refractivity contribution < 1.29 is 19.1 Å². The summed E-state index contributed by atoms with van der Waals surface area (Å²) in [6.07, 6.45) is 5.10. The Hall–Kier alpha value is -3.76. The number of aromatic nitrogens is 2. The molecule has 31 heavy (non-hydrogen) atoms. The molecule has 1 atom stereocenters. The van der Waals surface area contributed by atoms with E-state index in [0.717, 1.165) is 5.56 Å². The third-order valence-corrected chi connectivity index (χ3v) is 3.70. The van der Waals surface area contributed by atoms with Gasteiger partial charge in [-0.1, -0.05) is 30.3 Å². The SMILES string of the molecule is Cl.NC(=O)OC(Cc1ccccc1)C(=O)Nn1cccc1.NCC(=O)Nn1cccc1. The highest BCUT2D eigenvalue weighted by Gasteiger charge is 2.22. The molecule has 0 aliphatic carbocycles. The summed E-state index contributed by atoms with van der Waals surface area (Å²) < 4.78 is 7.91. The number of amides is 3. The van der Waals surface area contributed by atoms with Gasteiger partial charge in [-0.2, -0.15) is 0 Å². The average molecular weight is 449 g/mol.